The Labute approximate surface area is 101 Å². The van der Waals surface area contributed by atoms with Gasteiger partial charge < -0.3 is 5.11 Å². The van der Waals surface area contributed by atoms with Crippen molar-refractivity contribution >= 4 is 29.0 Å². The van der Waals surface area contributed by atoms with Crippen LogP contribution < -0.4 is 4.72 Å². The summed E-state index contributed by atoms with van der Waals surface area (Å²) in [6.45, 7) is 0. The van der Waals surface area contributed by atoms with Crippen LogP contribution in [0.5, 0.6) is 0 Å². The minimum Gasteiger partial charge on any atom is -0.481 e. The first-order valence-corrected chi connectivity index (χ1v) is 7.46. The van der Waals surface area contributed by atoms with Crippen molar-refractivity contribution in [1.29, 1.82) is 0 Å². The summed E-state index contributed by atoms with van der Waals surface area (Å²) in [5, 5.41) is 8.99. The van der Waals surface area contributed by atoms with Crippen LogP contribution in [0.2, 0.25) is 0 Å². The fourth-order valence-electron chi connectivity index (χ4n) is 2.00. The SMILES string of the molecule is O=C(O)CCC[C@H]1C[C@H]2OS(=O)NC2CS1. The lowest BCUT2D eigenvalue weighted by Gasteiger charge is -2.28. The van der Waals surface area contributed by atoms with Crippen LogP contribution in [-0.4, -0.2) is 38.4 Å². The molecule has 2 N–H and O–H groups in total. The summed E-state index contributed by atoms with van der Waals surface area (Å²) < 4.78 is 19.3. The van der Waals surface area contributed by atoms with E-state index >= 15 is 0 Å². The molecular formula is C9H15NO4S2. The van der Waals surface area contributed by atoms with Gasteiger partial charge in [-0.1, -0.05) is 0 Å². The normalized spacial score (nSPS) is 38.2. The van der Waals surface area contributed by atoms with Gasteiger partial charge in [0.15, 0.2) is 0 Å². The van der Waals surface area contributed by atoms with Crippen molar-refractivity contribution in [2.45, 2.75) is 43.1 Å². The predicted molar refractivity (Wildman–Crippen MR) is 62.3 cm³/mol. The highest BCUT2D eigenvalue weighted by Gasteiger charge is 2.38. The molecule has 2 aliphatic heterocycles. The summed E-state index contributed by atoms with van der Waals surface area (Å²) in [4.78, 5) is 10.4. The molecular weight excluding hydrogens is 250 g/mol. The zero-order valence-corrected chi connectivity index (χ0v) is 10.4. The van der Waals surface area contributed by atoms with Gasteiger partial charge in [-0.05, 0) is 19.3 Å². The summed E-state index contributed by atoms with van der Waals surface area (Å²) in [6, 6.07) is 0.196. The first-order valence-electron chi connectivity index (χ1n) is 5.33. The van der Waals surface area contributed by atoms with Gasteiger partial charge in [0.25, 0.3) is 0 Å². The number of nitrogens with one attached hydrogen (secondary N) is 1. The maximum Gasteiger partial charge on any atom is 0.303 e. The van der Waals surface area contributed by atoms with E-state index in [1.54, 1.807) is 0 Å². The summed E-state index contributed by atoms with van der Waals surface area (Å²) in [6.07, 6.45) is 2.75. The van der Waals surface area contributed by atoms with E-state index in [-0.39, 0.29) is 18.6 Å². The van der Waals surface area contributed by atoms with Crippen LogP contribution in [0, 0.1) is 0 Å². The van der Waals surface area contributed by atoms with Gasteiger partial charge >= 0.3 is 5.97 Å². The Kier molecular flexibility index (Phi) is 4.23. The molecule has 0 aromatic rings. The number of hydrogen-bond acceptors (Lipinski definition) is 4. The summed E-state index contributed by atoms with van der Waals surface area (Å²) >= 11 is 0.495. The van der Waals surface area contributed by atoms with Crippen LogP contribution in [0.1, 0.15) is 25.7 Å². The zero-order chi connectivity index (χ0) is 11.5. The Morgan fingerprint density at radius 1 is 1.62 bits per heavy atom. The molecule has 2 aliphatic rings. The molecule has 2 saturated heterocycles. The van der Waals surface area contributed by atoms with Crippen LogP contribution in [0.3, 0.4) is 0 Å². The predicted octanol–water partition coefficient (Wildman–Crippen LogP) is 0.683. The molecule has 0 amide bonds. The van der Waals surface area contributed by atoms with Crippen LogP contribution in [0.25, 0.3) is 0 Å². The molecule has 16 heavy (non-hydrogen) atoms. The lowest BCUT2D eigenvalue weighted by Crippen LogP contribution is -2.39. The molecule has 0 spiro atoms. The number of aliphatic carboxylic acids is 1. The van der Waals surface area contributed by atoms with E-state index in [2.05, 4.69) is 4.72 Å². The fraction of sp³-hybridized carbons (Fsp3) is 0.889. The third kappa shape index (κ3) is 3.19. The van der Waals surface area contributed by atoms with Crippen LogP contribution in [0.4, 0.5) is 0 Å². The minimum atomic E-state index is -1.33. The highest BCUT2D eigenvalue weighted by Crippen LogP contribution is 2.33. The van der Waals surface area contributed by atoms with Gasteiger partial charge in [0.05, 0.1) is 12.1 Å². The molecule has 2 rings (SSSR count). The molecule has 2 unspecified atom stereocenters. The largest absolute Gasteiger partial charge is 0.481 e. The standard InChI is InChI=1S/C9H15NO4S2/c11-9(12)3-1-2-6-4-8-7(5-15-6)10-16(13)14-8/h6-8,10H,1-5H2,(H,11,12)/t6-,7?,8+,16?/m0/s1. The average molecular weight is 265 g/mol. The van der Waals surface area contributed by atoms with E-state index in [1.165, 1.54) is 0 Å². The minimum absolute atomic E-state index is 0.0388. The second-order valence-electron chi connectivity index (χ2n) is 4.07. The van der Waals surface area contributed by atoms with Gasteiger partial charge in [-0.3, -0.25) is 8.98 Å². The van der Waals surface area contributed by atoms with Crippen molar-refractivity contribution in [2.75, 3.05) is 5.75 Å². The number of carboxylic acid groups (broad SMARTS) is 1. The van der Waals surface area contributed by atoms with Crippen molar-refractivity contribution in [2.24, 2.45) is 0 Å². The van der Waals surface area contributed by atoms with E-state index < -0.39 is 17.2 Å². The Balaban J connectivity index is 1.73. The third-order valence-corrected chi connectivity index (χ3v) is 5.20. The van der Waals surface area contributed by atoms with Gasteiger partial charge in [-0.25, -0.2) is 8.93 Å². The first-order chi connectivity index (χ1) is 7.65. The smallest absolute Gasteiger partial charge is 0.303 e. The molecule has 0 radical (unpaired) electrons. The average Bonchev–Trinajstić information content (AvgIpc) is 2.56. The van der Waals surface area contributed by atoms with E-state index in [4.69, 9.17) is 9.29 Å². The number of carbonyl (C=O) groups is 1. The second kappa shape index (κ2) is 5.48. The van der Waals surface area contributed by atoms with Gasteiger partial charge in [0.2, 0.25) is 11.3 Å². The quantitative estimate of drug-likeness (QED) is 0.782. The highest BCUT2D eigenvalue weighted by molar-refractivity contribution is 8.00. The Hall–Kier alpha value is -0.110. The van der Waals surface area contributed by atoms with Crippen LogP contribution >= 0.6 is 11.8 Å². The highest BCUT2D eigenvalue weighted by atomic mass is 32.2. The van der Waals surface area contributed by atoms with Crippen LogP contribution in [0.15, 0.2) is 0 Å². The number of carboxylic acids is 1. The van der Waals surface area contributed by atoms with E-state index in [0.29, 0.717) is 11.7 Å². The number of fused-ring (bicyclic) bond motifs is 1. The van der Waals surface area contributed by atoms with Gasteiger partial charge in [-0.2, -0.15) is 11.8 Å². The molecule has 0 aromatic heterocycles. The van der Waals surface area contributed by atoms with Crippen molar-refractivity contribution in [3.05, 3.63) is 0 Å². The molecule has 4 atom stereocenters. The maximum absolute atomic E-state index is 11.1. The van der Waals surface area contributed by atoms with E-state index in [9.17, 15) is 9.00 Å². The molecule has 92 valence electrons. The van der Waals surface area contributed by atoms with Crippen LogP contribution in [-0.2, 0) is 20.2 Å². The summed E-state index contributed by atoms with van der Waals surface area (Å²) in [5.74, 6) is 0.160. The molecule has 7 heteroatoms. The lowest BCUT2D eigenvalue weighted by atomic mass is 10.0. The Morgan fingerprint density at radius 2 is 2.44 bits per heavy atom. The Morgan fingerprint density at radius 3 is 3.19 bits per heavy atom. The topological polar surface area (TPSA) is 75.6 Å². The van der Waals surface area contributed by atoms with Crippen molar-refractivity contribution in [1.82, 2.24) is 4.72 Å². The first kappa shape index (κ1) is 12.3. The van der Waals surface area contributed by atoms with Gasteiger partial charge in [-0.15, -0.1) is 0 Å². The summed E-state index contributed by atoms with van der Waals surface area (Å²) in [5.41, 5.74) is 0. The fourth-order valence-corrected chi connectivity index (χ4v) is 4.52. The van der Waals surface area contributed by atoms with E-state index in [0.717, 1.165) is 18.6 Å². The Bertz CT molecular complexity index is 299. The molecule has 2 fully saturated rings. The number of hydrogen-bond donors (Lipinski definition) is 2. The van der Waals surface area contributed by atoms with Gasteiger partial charge in [0, 0.05) is 17.4 Å². The van der Waals surface area contributed by atoms with E-state index in [1.807, 2.05) is 11.8 Å². The maximum atomic E-state index is 11.1. The molecule has 5 nitrogen and oxygen atoms in total. The molecule has 0 saturated carbocycles. The monoisotopic (exact) mass is 265 g/mol. The number of thioether (sulfide) groups is 1. The molecule has 2 heterocycles. The summed E-state index contributed by atoms with van der Waals surface area (Å²) in [7, 11) is 0. The second-order valence-corrected chi connectivity index (χ2v) is 6.30. The zero-order valence-electron chi connectivity index (χ0n) is 8.76. The molecule has 0 aromatic carbocycles. The van der Waals surface area contributed by atoms with Crippen molar-refractivity contribution < 1.29 is 18.3 Å². The lowest BCUT2D eigenvalue weighted by molar-refractivity contribution is -0.137. The molecule has 0 bridgehead atoms. The third-order valence-electron chi connectivity index (χ3n) is 2.83. The van der Waals surface area contributed by atoms with Gasteiger partial charge in [0.1, 0.15) is 0 Å². The molecule has 0 aliphatic carbocycles. The number of rotatable bonds is 4. The van der Waals surface area contributed by atoms with Crippen molar-refractivity contribution in [3.63, 3.8) is 0 Å². The van der Waals surface area contributed by atoms with Crippen molar-refractivity contribution in [3.8, 4) is 0 Å².